The number of likely N-dealkylation sites (tertiary alicyclic amines) is 1. The summed E-state index contributed by atoms with van der Waals surface area (Å²) < 4.78 is 38.4. The van der Waals surface area contributed by atoms with Gasteiger partial charge in [0.25, 0.3) is 0 Å². The molecular weight excluding hydrogens is 442 g/mol. The van der Waals surface area contributed by atoms with E-state index in [2.05, 4.69) is 14.9 Å². The first-order chi connectivity index (χ1) is 14.9. The highest BCUT2D eigenvalue weighted by Gasteiger charge is 2.25. The smallest absolute Gasteiger partial charge is 0.240 e. The molecular formula is C21H24ClN3O5S. The third-order valence-electron chi connectivity index (χ3n) is 5.34. The van der Waals surface area contributed by atoms with E-state index in [9.17, 15) is 13.2 Å². The summed E-state index contributed by atoms with van der Waals surface area (Å²) in [6, 6.07) is 11.3. The van der Waals surface area contributed by atoms with Crippen molar-refractivity contribution in [2.45, 2.75) is 30.2 Å². The van der Waals surface area contributed by atoms with E-state index in [1.807, 2.05) is 0 Å². The Bertz CT molecular complexity index is 1040. The maximum absolute atomic E-state index is 12.5. The average molecular weight is 466 g/mol. The molecule has 1 saturated heterocycles. The van der Waals surface area contributed by atoms with Gasteiger partial charge >= 0.3 is 0 Å². The van der Waals surface area contributed by atoms with Gasteiger partial charge in [-0.05, 0) is 62.3 Å². The number of carbonyl (C=O) groups excluding carboxylic acids is 1. The molecule has 0 bridgehead atoms. The molecule has 2 aromatic carbocycles. The second-order valence-electron chi connectivity index (χ2n) is 7.56. The van der Waals surface area contributed by atoms with Crippen LogP contribution in [-0.4, -0.2) is 51.7 Å². The molecule has 8 nitrogen and oxygen atoms in total. The van der Waals surface area contributed by atoms with Crippen molar-refractivity contribution in [3.8, 4) is 11.5 Å². The largest absolute Gasteiger partial charge is 0.454 e. The number of nitrogens with zero attached hydrogens (tertiary/aromatic N) is 1. The zero-order chi connectivity index (χ0) is 21.8. The molecule has 2 aromatic rings. The Morgan fingerprint density at radius 1 is 1.06 bits per heavy atom. The molecule has 0 aromatic heterocycles. The zero-order valence-corrected chi connectivity index (χ0v) is 18.4. The molecule has 0 unspecified atom stereocenters. The van der Waals surface area contributed by atoms with Crippen LogP contribution in [0.2, 0.25) is 5.02 Å². The van der Waals surface area contributed by atoms with E-state index >= 15 is 0 Å². The number of sulfonamides is 1. The van der Waals surface area contributed by atoms with Gasteiger partial charge in [-0.1, -0.05) is 11.6 Å². The Balaban J connectivity index is 1.20. The Kier molecular flexibility index (Phi) is 6.66. The normalized spacial score (nSPS) is 16.9. The Labute approximate surface area is 186 Å². The summed E-state index contributed by atoms with van der Waals surface area (Å²) in [7, 11) is -3.57. The number of halogens is 1. The molecule has 31 heavy (non-hydrogen) atoms. The van der Waals surface area contributed by atoms with Crippen LogP contribution in [0.5, 0.6) is 11.5 Å². The molecule has 1 amide bonds. The number of amides is 1. The SMILES string of the molecule is O=C(CCN1CCC(NS(=O)(=O)c2ccc(Cl)cc2)CC1)Nc1ccc2c(c1)OCO2. The zero-order valence-electron chi connectivity index (χ0n) is 16.8. The lowest BCUT2D eigenvalue weighted by molar-refractivity contribution is -0.116. The molecule has 0 spiro atoms. The third kappa shape index (κ3) is 5.68. The molecule has 10 heteroatoms. The molecule has 2 N–H and O–H groups in total. The Hall–Kier alpha value is -2.33. The van der Waals surface area contributed by atoms with Crippen LogP contribution in [0.3, 0.4) is 0 Å². The van der Waals surface area contributed by atoms with Crippen LogP contribution < -0.4 is 19.5 Å². The fraction of sp³-hybridized carbons (Fsp3) is 0.381. The highest BCUT2D eigenvalue weighted by molar-refractivity contribution is 7.89. The minimum Gasteiger partial charge on any atom is -0.454 e. The Morgan fingerprint density at radius 2 is 1.77 bits per heavy atom. The summed E-state index contributed by atoms with van der Waals surface area (Å²) in [5.74, 6) is 1.22. The summed E-state index contributed by atoms with van der Waals surface area (Å²) in [6.07, 6.45) is 1.74. The minimum absolute atomic E-state index is 0.0792. The summed E-state index contributed by atoms with van der Waals surface area (Å²) >= 11 is 5.83. The maximum Gasteiger partial charge on any atom is 0.240 e. The molecule has 166 valence electrons. The topological polar surface area (TPSA) is 97.0 Å². The third-order valence-corrected chi connectivity index (χ3v) is 7.13. The maximum atomic E-state index is 12.5. The van der Waals surface area contributed by atoms with Crippen molar-refractivity contribution in [2.24, 2.45) is 0 Å². The summed E-state index contributed by atoms with van der Waals surface area (Å²) in [5, 5.41) is 3.37. The van der Waals surface area contributed by atoms with Crippen molar-refractivity contribution < 1.29 is 22.7 Å². The van der Waals surface area contributed by atoms with E-state index in [4.69, 9.17) is 21.1 Å². The molecule has 2 heterocycles. The van der Waals surface area contributed by atoms with Crippen LogP contribution in [0.1, 0.15) is 19.3 Å². The number of carbonyl (C=O) groups is 1. The average Bonchev–Trinajstić information content (AvgIpc) is 3.21. The molecule has 0 aliphatic carbocycles. The van der Waals surface area contributed by atoms with Crippen LogP contribution in [-0.2, 0) is 14.8 Å². The number of hydrogen-bond donors (Lipinski definition) is 2. The highest BCUT2D eigenvalue weighted by atomic mass is 35.5. The van der Waals surface area contributed by atoms with Gasteiger partial charge in [0.05, 0.1) is 4.90 Å². The van der Waals surface area contributed by atoms with E-state index < -0.39 is 10.0 Å². The minimum atomic E-state index is -3.57. The van der Waals surface area contributed by atoms with Crippen molar-refractivity contribution in [1.29, 1.82) is 0 Å². The van der Waals surface area contributed by atoms with E-state index in [-0.39, 0.29) is 23.6 Å². The van der Waals surface area contributed by atoms with Gasteiger partial charge in [-0.3, -0.25) is 4.79 Å². The van der Waals surface area contributed by atoms with Gasteiger partial charge in [0, 0.05) is 35.8 Å². The van der Waals surface area contributed by atoms with Gasteiger partial charge in [-0.15, -0.1) is 0 Å². The number of benzene rings is 2. The van der Waals surface area contributed by atoms with Crippen LogP contribution >= 0.6 is 11.6 Å². The van der Waals surface area contributed by atoms with Crippen molar-refractivity contribution in [1.82, 2.24) is 9.62 Å². The van der Waals surface area contributed by atoms with Crippen molar-refractivity contribution >= 4 is 33.2 Å². The van der Waals surface area contributed by atoms with E-state index in [0.717, 1.165) is 13.1 Å². The van der Waals surface area contributed by atoms with Gasteiger partial charge in [-0.25, -0.2) is 13.1 Å². The van der Waals surface area contributed by atoms with Crippen molar-refractivity contribution in [3.05, 3.63) is 47.5 Å². The van der Waals surface area contributed by atoms with Gasteiger partial charge in [0.2, 0.25) is 22.7 Å². The highest BCUT2D eigenvalue weighted by Crippen LogP contribution is 2.34. The Morgan fingerprint density at radius 3 is 2.52 bits per heavy atom. The molecule has 0 atom stereocenters. The van der Waals surface area contributed by atoms with Crippen molar-refractivity contribution in [3.63, 3.8) is 0 Å². The predicted octanol–water partition coefficient (Wildman–Crippen LogP) is 2.84. The van der Waals surface area contributed by atoms with Crippen LogP contribution in [0.25, 0.3) is 0 Å². The summed E-state index contributed by atoms with van der Waals surface area (Å²) in [5.41, 5.74) is 0.671. The number of hydrogen-bond acceptors (Lipinski definition) is 6. The first-order valence-corrected chi connectivity index (χ1v) is 11.9. The lowest BCUT2D eigenvalue weighted by Crippen LogP contribution is -2.45. The van der Waals surface area contributed by atoms with Gasteiger partial charge in [0.1, 0.15) is 0 Å². The fourth-order valence-corrected chi connectivity index (χ4v) is 5.06. The van der Waals surface area contributed by atoms with E-state index in [1.165, 1.54) is 12.1 Å². The molecule has 0 saturated carbocycles. The fourth-order valence-electron chi connectivity index (χ4n) is 3.63. The monoisotopic (exact) mass is 465 g/mol. The van der Waals surface area contributed by atoms with Gasteiger partial charge < -0.3 is 19.7 Å². The second-order valence-corrected chi connectivity index (χ2v) is 9.71. The second kappa shape index (κ2) is 9.44. The van der Waals surface area contributed by atoms with Crippen LogP contribution in [0, 0.1) is 0 Å². The quantitative estimate of drug-likeness (QED) is 0.652. The van der Waals surface area contributed by atoms with Crippen LogP contribution in [0.15, 0.2) is 47.4 Å². The number of piperidine rings is 1. The molecule has 1 fully saturated rings. The number of ether oxygens (including phenoxy) is 2. The van der Waals surface area contributed by atoms with Gasteiger partial charge in [0.15, 0.2) is 11.5 Å². The number of nitrogens with one attached hydrogen (secondary N) is 2. The number of anilines is 1. The molecule has 2 aliphatic heterocycles. The van der Waals surface area contributed by atoms with Crippen LogP contribution in [0.4, 0.5) is 5.69 Å². The van der Waals surface area contributed by atoms with Gasteiger partial charge in [-0.2, -0.15) is 0 Å². The molecule has 0 radical (unpaired) electrons. The number of fused-ring (bicyclic) bond motifs is 1. The lowest BCUT2D eigenvalue weighted by atomic mass is 10.1. The van der Waals surface area contributed by atoms with Crippen molar-refractivity contribution in [2.75, 3.05) is 31.7 Å². The first kappa shape index (κ1) is 21.9. The first-order valence-electron chi connectivity index (χ1n) is 10.1. The number of rotatable bonds is 7. The van der Waals surface area contributed by atoms with E-state index in [0.29, 0.717) is 48.0 Å². The summed E-state index contributed by atoms with van der Waals surface area (Å²) in [6.45, 7) is 2.27. The molecule has 2 aliphatic rings. The molecule has 4 rings (SSSR count). The van der Waals surface area contributed by atoms with E-state index in [1.54, 1.807) is 30.3 Å². The lowest BCUT2D eigenvalue weighted by Gasteiger charge is -2.32. The summed E-state index contributed by atoms with van der Waals surface area (Å²) in [4.78, 5) is 14.7. The predicted molar refractivity (Wildman–Crippen MR) is 117 cm³/mol. The standard InChI is InChI=1S/C21H24ClN3O5S/c22-15-1-4-18(5-2-15)31(27,28)24-16-7-10-25(11-8-16)12-9-21(26)23-17-3-6-19-20(13-17)30-14-29-19/h1-6,13,16,24H,7-12,14H2,(H,23,26).